The van der Waals surface area contributed by atoms with E-state index in [0.717, 1.165) is 25.7 Å². The fourth-order valence-electron chi connectivity index (χ4n) is 3.28. The molecule has 23 heavy (non-hydrogen) atoms. The first-order valence-corrected chi connectivity index (χ1v) is 8.71. The van der Waals surface area contributed by atoms with E-state index in [0.29, 0.717) is 20.7 Å². The number of nitrogens with zero attached hydrogens (tertiary/aromatic N) is 2. The summed E-state index contributed by atoms with van der Waals surface area (Å²) < 4.78 is 1.42. The van der Waals surface area contributed by atoms with Gasteiger partial charge in [0.25, 0.3) is 11.5 Å². The second kappa shape index (κ2) is 6.41. The molecule has 2 unspecified atom stereocenters. The van der Waals surface area contributed by atoms with Gasteiger partial charge in [-0.05, 0) is 25.3 Å². The molecule has 0 saturated heterocycles. The number of hydrogen-bond donors (Lipinski definition) is 2. The Morgan fingerprint density at radius 2 is 2.22 bits per heavy atom. The Hall–Kier alpha value is -1.73. The number of aryl methyl sites for hydroxylation is 2. The second-order valence-corrected chi connectivity index (χ2v) is 7.20. The van der Waals surface area contributed by atoms with Gasteiger partial charge in [-0.25, -0.2) is 4.98 Å². The van der Waals surface area contributed by atoms with Crippen LogP contribution in [0, 0.1) is 12.8 Å². The largest absolute Gasteiger partial charge is 0.396 e. The van der Waals surface area contributed by atoms with E-state index >= 15 is 0 Å². The fourth-order valence-corrected chi connectivity index (χ4v) is 4.32. The van der Waals surface area contributed by atoms with Gasteiger partial charge in [0.1, 0.15) is 4.83 Å². The number of aliphatic hydroxyl groups excluding tert-OH is 1. The quantitative estimate of drug-likeness (QED) is 0.892. The van der Waals surface area contributed by atoms with Crippen LogP contribution in [0.3, 0.4) is 0 Å². The molecular formula is C16H21N3O3S. The number of amides is 1. The standard InChI is InChI=1S/C16H21N3O3S/c1-9-12-15(17-8-19(2)16(12)22)23-13(9)14(21)18-11-6-4-3-5-10(11)7-20/h8,10-11,20H,3-7H2,1-2H3,(H,18,21). The highest BCUT2D eigenvalue weighted by atomic mass is 32.1. The highest BCUT2D eigenvalue weighted by Gasteiger charge is 2.28. The lowest BCUT2D eigenvalue weighted by Crippen LogP contribution is -2.43. The molecule has 1 aliphatic carbocycles. The van der Waals surface area contributed by atoms with Gasteiger partial charge in [-0.15, -0.1) is 11.3 Å². The molecule has 0 spiro atoms. The van der Waals surface area contributed by atoms with Crippen LogP contribution < -0.4 is 10.9 Å². The fraction of sp³-hybridized carbons (Fsp3) is 0.562. The van der Waals surface area contributed by atoms with Crippen LogP contribution in [-0.2, 0) is 7.05 Å². The van der Waals surface area contributed by atoms with E-state index in [1.54, 1.807) is 14.0 Å². The second-order valence-electron chi connectivity index (χ2n) is 6.20. The molecule has 2 N–H and O–H groups in total. The number of carbonyl (C=O) groups is 1. The zero-order valence-corrected chi connectivity index (χ0v) is 14.2. The summed E-state index contributed by atoms with van der Waals surface area (Å²) in [5.74, 6) is -0.0497. The van der Waals surface area contributed by atoms with Gasteiger partial charge < -0.3 is 15.0 Å². The number of aromatic nitrogens is 2. The minimum absolute atomic E-state index is 0.00153. The lowest BCUT2D eigenvalue weighted by molar-refractivity contribution is 0.0876. The molecule has 6 nitrogen and oxygen atoms in total. The zero-order valence-electron chi connectivity index (χ0n) is 13.3. The van der Waals surface area contributed by atoms with Crippen LogP contribution in [0.2, 0.25) is 0 Å². The average molecular weight is 335 g/mol. The molecule has 1 fully saturated rings. The van der Waals surface area contributed by atoms with Gasteiger partial charge in [0.2, 0.25) is 0 Å². The molecule has 2 aromatic heterocycles. The molecule has 0 bridgehead atoms. The Bertz CT molecular complexity index is 796. The van der Waals surface area contributed by atoms with E-state index in [-0.39, 0.29) is 30.0 Å². The Morgan fingerprint density at radius 1 is 1.48 bits per heavy atom. The molecule has 0 radical (unpaired) electrons. The van der Waals surface area contributed by atoms with Crippen molar-refractivity contribution in [2.24, 2.45) is 13.0 Å². The van der Waals surface area contributed by atoms with E-state index < -0.39 is 0 Å². The monoisotopic (exact) mass is 335 g/mol. The highest BCUT2D eigenvalue weighted by molar-refractivity contribution is 7.20. The molecular weight excluding hydrogens is 314 g/mol. The molecule has 124 valence electrons. The molecule has 1 amide bonds. The summed E-state index contributed by atoms with van der Waals surface area (Å²) in [5.41, 5.74) is 0.557. The van der Waals surface area contributed by atoms with Gasteiger partial charge in [0.15, 0.2) is 0 Å². The van der Waals surface area contributed by atoms with Crippen molar-refractivity contribution in [3.05, 3.63) is 27.1 Å². The van der Waals surface area contributed by atoms with Gasteiger partial charge in [-0.1, -0.05) is 12.8 Å². The van der Waals surface area contributed by atoms with Gasteiger partial charge in [-0.3, -0.25) is 9.59 Å². The maximum Gasteiger partial charge on any atom is 0.262 e. The first kappa shape index (κ1) is 16.1. The Balaban J connectivity index is 1.91. The topological polar surface area (TPSA) is 84.2 Å². The molecule has 2 heterocycles. The summed E-state index contributed by atoms with van der Waals surface area (Å²) in [6, 6.07) is 0.00153. The average Bonchev–Trinajstić information content (AvgIpc) is 2.89. The van der Waals surface area contributed by atoms with Crippen molar-refractivity contribution in [1.82, 2.24) is 14.9 Å². The van der Waals surface area contributed by atoms with Crippen LogP contribution in [0.25, 0.3) is 10.2 Å². The van der Waals surface area contributed by atoms with Crippen molar-refractivity contribution in [2.75, 3.05) is 6.61 Å². The first-order valence-electron chi connectivity index (χ1n) is 7.89. The summed E-state index contributed by atoms with van der Waals surface area (Å²) >= 11 is 1.25. The first-order chi connectivity index (χ1) is 11.0. The van der Waals surface area contributed by atoms with Crippen molar-refractivity contribution in [2.45, 2.75) is 38.6 Å². The van der Waals surface area contributed by atoms with Crippen LogP contribution in [0.1, 0.15) is 40.9 Å². The number of thiophene rings is 1. The predicted molar refractivity (Wildman–Crippen MR) is 89.9 cm³/mol. The summed E-state index contributed by atoms with van der Waals surface area (Å²) in [6.07, 6.45) is 5.47. The normalized spacial score (nSPS) is 21.5. The zero-order chi connectivity index (χ0) is 16.6. The number of fused-ring (bicyclic) bond motifs is 1. The molecule has 2 aromatic rings. The number of aliphatic hydroxyl groups is 1. The lowest BCUT2D eigenvalue weighted by atomic mass is 9.85. The molecule has 1 saturated carbocycles. The van der Waals surface area contributed by atoms with Crippen molar-refractivity contribution >= 4 is 27.5 Å². The Kier molecular flexibility index (Phi) is 4.50. The maximum absolute atomic E-state index is 12.6. The van der Waals surface area contributed by atoms with Crippen molar-refractivity contribution in [1.29, 1.82) is 0 Å². The van der Waals surface area contributed by atoms with Crippen molar-refractivity contribution in [3.63, 3.8) is 0 Å². The van der Waals surface area contributed by atoms with Crippen molar-refractivity contribution < 1.29 is 9.90 Å². The third-order valence-electron chi connectivity index (χ3n) is 4.68. The molecule has 1 aliphatic rings. The van der Waals surface area contributed by atoms with E-state index in [4.69, 9.17) is 0 Å². The summed E-state index contributed by atoms with van der Waals surface area (Å²) in [6.45, 7) is 1.89. The van der Waals surface area contributed by atoms with Gasteiger partial charge in [-0.2, -0.15) is 0 Å². The van der Waals surface area contributed by atoms with Crippen LogP contribution in [0.5, 0.6) is 0 Å². The van der Waals surface area contributed by atoms with E-state index in [1.807, 2.05) is 0 Å². The Labute approximate surface area is 138 Å². The Morgan fingerprint density at radius 3 is 2.96 bits per heavy atom. The SMILES string of the molecule is Cc1c(C(=O)NC2CCCCC2CO)sc2ncn(C)c(=O)c12. The van der Waals surface area contributed by atoms with E-state index in [2.05, 4.69) is 10.3 Å². The summed E-state index contributed by atoms with van der Waals surface area (Å²) in [4.78, 5) is 30.3. The summed E-state index contributed by atoms with van der Waals surface area (Å²) in [5, 5.41) is 13.0. The van der Waals surface area contributed by atoms with E-state index in [1.165, 1.54) is 22.2 Å². The van der Waals surface area contributed by atoms with Crippen LogP contribution in [-0.4, -0.2) is 33.2 Å². The predicted octanol–water partition coefficient (Wildman–Crippen LogP) is 1.58. The molecule has 7 heteroatoms. The smallest absolute Gasteiger partial charge is 0.262 e. The van der Waals surface area contributed by atoms with Gasteiger partial charge in [0.05, 0.1) is 16.6 Å². The third-order valence-corrected chi connectivity index (χ3v) is 5.88. The number of rotatable bonds is 3. The third kappa shape index (κ3) is 2.90. The molecule has 0 aromatic carbocycles. The van der Waals surface area contributed by atoms with Crippen LogP contribution >= 0.6 is 11.3 Å². The van der Waals surface area contributed by atoms with Crippen molar-refractivity contribution in [3.8, 4) is 0 Å². The minimum Gasteiger partial charge on any atom is -0.396 e. The van der Waals surface area contributed by atoms with Gasteiger partial charge >= 0.3 is 0 Å². The molecule has 2 atom stereocenters. The lowest BCUT2D eigenvalue weighted by Gasteiger charge is -2.30. The minimum atomic E-state index is -0.169. The maximum atomic E-state index is 12.6. The van der Waals surface area contributed by atoms with Crippen LogP contribution in [0.4, 0.5) is 0 Å². The summed E-state index contributed by atoms with van der Waals surface area (Å²) in [7, 11) is 1.65. The molecule has 3 rings (SSSR count). The van der Waals surface area contributed by atoms with Gasteiger partial charge in [0, 0.05) is 25.6 Å². The molecule has 0 aliphatic heterocycles. The number of carbonyl (C=O) groups excluding carboxylic acids is 1. The number of hydrogen-bond acceptors (Lipinski definition) is 5. The highest BCUT2D eigenvalue weighted by Crippen LogP contribution is 2.28. The van der Waals surface area contributed by atoms with E-state index in [9.17, 15) is 14.7 Å². The van der Waals surface area contributed by atoms with Crippen LogP contribution in [0.15, 0.2) is 11.1 Å². The number of nitrogens with one attached hydrogen (secondary N) is 1.